The molecule has 0 aliphatic rings. The minimum Gasteiger partial charge on any atom is -0.324 e. The first kappa shape index (κ1) is 15.4. The molecule has 0 radical (unpaired) electrons. The Kier molecular flexibility index (Phi) is 5.90. The van der Waals surface area contributed by atoms with Crippen LogP contribution in [0.15, 0.2) is 48.5 Å². The first-order valence-electron chi connectivity index (χ1n) is 6.91. The van der Waals surface area contributed by atoms with E-state index in [-0.39, 0.29) is 6.04 Å². The highest BCUT2D eigenvalue weighted by molar-refractivity contribution is 6.42. The molecule has 2 aromatic rings. The zero-order chi connectivity index (χ0) is 14.4. The van der Waals surface area contributed by atoms with Gasteiger partial charge in [0.2, 0.25) is 0 Å². The number of aryl methyl sites for hydroxylation is 1. The summed E-state index contributed by atoms with van der Waals surface area (Å²) in [6, 6.07) is 16.2. The van der Waals surface area contributed by atoms with Crippen molar-refractivity contribution >= 4 is 23.2 Å². The van der Waals surface area contributed by atoms with E-state index in [9.17, 15) is 0 Å². The lowest BCUT2D eigenvalue weighted by Crippen LogP contribution is -2.10. The first-order chi connectivity index (χ1) is 9.66. The molecule has 3 heteroatoms. The summed E-state index contributed by atoms with van der Waals surface area (Å²) in [5.41, 5.74) is 8.63. The summed E-state index contributed by atoms with van der Waals surface area (Å²) in [7, 11) is 0. The molecule has 0 aliphatic heterocycles. The second-order valence-corrected chi connectivity index (χ2v) is 5.83. The maximum absolute atomic E-state index is 6.19. The third-order valence-corrected chi connectivity index (χ3v) is 4.18. The van der Waals surface area contributed by atoms with E-state index in [2.05, 4.69) is 24.3 Å². The second-order valence-electron chi connectivity index (χ2n) is 5.01. The molecule has 2 aromatic carbocycles. The summed E-state index contributed by atoms with van der Waals surface area (Å²) in [6.45, 7) is 0. The molecule has 0 saturated heterocycles. The van der Waals surface area contributed by atoms with Crippen molar-refractivity contribution in [2.24, 2.45) is 5.73 Å². The van der Waals surface area contributed by atoms with Gasteiger partial charge in [0.05, 0.1) is 10.0 Å². The summed E-state index contributed by atoms with van der Waals surface area (Å²) in [5, 5.41) is 1.15. The van der Waals surface area contributed by atoms with Crippen LogP contribution in [0.25, 0.3) is 0 Å². The van der Waals surface area contributed by atoms with Gasteiger partial charge in [0.15, 0.2) is 0 Å². The van der Waals surface area contributed by atoms with Gasteiger partial charge in [0, 0.05) is 6.04 Å². The Labute approximate surface area is 130 Å². The van der Waals surface area contributed by atoms with Gasteiger partial charge in [-0.2, -0.15) is 0 Å². The second kappa shape index (κ2) is 7.68. The Hall–Kier alpha value is -1.02. The number of unbranched alkanes of at least 4 members (excludes halogenated alkanes) is 1. The van der Waals surface area contributed by atoms with Crippen LogP contribution in [0, 0.1) is 0 Å². The number of nitrogens with two attached hydrogens (primary N) is 1. The van der Waals surface area contributed by atoms with Crippen LogP contribution in [0.2, 0.25) is 10.0 Å². The van der Waals surface area contributed by atoms with Crippen LogP contribution < -0.4 is 5.73 Å². The minimum atomic E-state index is 0.0283. The Morgan fingerprint density at radius 2 is 1.65 bits per heavy atom. The standard InChI is InChI=1S/C17H19Cl2N/c18-15-11-10-14(12-16(15)19)17(20)9-5-4-8-13-6-2-1-3-7-13/h1-3,6-7,10-12,17H,4-5,8-9,20H2. The lowest BCUT2D eigenvalue weighted by Gasteiger charge is -2.12. The predicted octanol–water partition coefficient (Wildman–Crippen LogP) is 5.41. The van der Waals surface area contributed by atoms with Gasteiger partial charge in [-0.3, -0.25) is 0 Å². The quantitative estimate of drug-likeness (QED) is 0.710. The summed E-state index contributed by atoms with van der Waals surface area (Å²) in [4.78, 5) is 0. The number of benzene rings is 2. The van der Waals surface area contributed by atoms with Crippen molar-refractivity contribution in [3.05, 3.63) is 69.7 Å². The fourth-order valence-corrected chi connectivity index (χ4v) is 2.55. The number of rotatable bonds is 6. The third kappa shape index (κ3) is 4.52. The van der Waals surface area contributed by atoms with Crippen molar-refractivity contribution in [3.8, 4) is 0 Å². The minimum absolute atomic E-state index is 0.0283. The van der Waals surface area contributed by atoms with Crippen LogP contribution in [0.1, 0.15) is 36.4 Å². The Bertz CT molecular complexity index is 540. The van der Waals surface area contributed by atoms with Crippen LogP contribution in [0.5, 0.6) is 0 Å². The highest BCUT2D eigenvalue weighted by Gasteiger charge is 2.08. The normalized spacial score (nSPS) is 12.3. The van der Waals surface area contributed by atoms with E-state index < -0.39 is 0 Å². The lowest BCUT2D eigenvalue weighted by molar-refractivity contribution is 0.586. The zero-order valence-electron chi connectivity index (χ0n) is 11.4. The summed E-state index contributed by atoms with van der Waals surface area (Å²) < 4.78 is 0. The van der Waals surface area contributed by atoms with Crippen molar-refractivity contribution in [1.82, 2.24) is 0 Å². The van der Waals surface area contributed by atoms with Gasteiger partial charge in [-0.05, 0) is 42.5 Å². The molecule has 0 amide bonds. The lowest BCUT2D eigenvalue weighted by atomic mass is 10.00. The van der Waals surface area contributed by atoms with Crippen LogP contribution in [-0.4, -0.2) is 0 Å². The van der Waals surface area contributed by atoms with Crippen LogP contribution in [0.3, 0.4) is 0 Å². The van der Waals surface area contributed by atoms with Crippen LogP contribution in [-0.2, 0) is 6.42 Å². The van der Waals surface area contributed by atoms with Crippen molar-refractivity contribution in [3.63, 3.8) is 0 Å². The molecule has 0 spiro atoms. The molecule has 106 valence electrons. The Morgan fingerprint density at radius 3 is 2.35 bits per heavy atom. The van der Waals surface area contributed by atoms with Gasteiger partial charge in [0.1, 0.15) is 0 Å². The number of halogens is 2. The predicted molar refractivity (Wildman–Crippen MR) is 87.4 cm³/mol. The van der Waals surface area contributed by atoms with Gasteiger partial charge < -0.3 is 5.73 Å². The SMILES string of the molecule is NC(CCCCc1ccccc1)c1ccc(Cl)c(Cl)c1. The molecule has 1 nitrogen and oxygen atoms in total. The Morgan fingerprint density at radius 1 is 0.900 bits per heavy atom. The summed E-state index contributed by atoms with van der Waals surface area (Å²) >= 11 is 11.9. The van der Waals surface area contributed by atoms with Crippen molar-refractivity contribution < 1.29 is 0 Å². The molecule has 0 aliphatic carbocycles. The van der Waals surface area contributed by atoms with Crippen molar-refractivity contribution in [2.75, 3.05) is 0 Å². The largest absolute Gasteiger partial charge is 0.324 e. The maximum atomic E-state index is 6.19. The molecule has 0 bridgehead atoms. The monoisotopic (exact) mass is 307 g/mol. The number of hydrogen-bond acceptors (Lipinski definition) is 1. The van der Waals surface area contributed by atoms with Gasteiger partial charge in [-0.1, -0.05) is 66.0 Å². The van der Waals surface area contributed by atoms with Crippen molar-refractivity contribution in [2.45, 2.75) is 31.7 Å². The van der Waals surface area contributed by atoms with Gasteiger partial charge in [-0.25, -0.2) is 0 Å². The fourth-order valence-electron chi connectivity index (χ4n) is 2.25. The molecule has 2 N–H and O–H groups in total. The van der Waals surface area contributed by atoms with Gasteiger partial charge in [-0.15, -0.1) is 0 Å². The molecule has 0 saturated carbocycles. The molecule has 1 atom stereocenters. The summed E-state index contributed by atoms with van der Waals surface area (Å²) in [5.74, 6) is 0. The van der Waals surface area contributed by atoms with E-state index in [0.717, 1.165) is 31.2 Å². The fraction of sp³-hybridized carbons (Fsp3) is 0.294. The third-order valence-electron chi connectivity index (χ3n) is 3.45. The molecule has 0 heterocycles. The average molecular weight is 308 g/mol. The first-order valence-corrected chi connectivity index (χ1v) is 7.67. The molecule has 0 fully saturated rings. The molecule has 0 aromatic heterocycles. The maximum Gasteiger partial charge on any atom is 0.0595 e. The van der Waals surface area contributed by atoms with E-state index in [0.29, 0.717) is 10.0 Å². The van der Waals surface area contributed by atoms with Crippen LogP contribution in [0.4, 0.5) is 0 Å². The van der Waals surface area contributed by atoms with Crippen molar-refractivity contribution in [1.29, 1.82) is 0 Å². The van der Waals surface area contributed by atoms with Gasteiger partial charge >= 0.3 is 0 Å². The Balaban J connectivity index is 1.77. The molecular formula is C17H19Cl2N. The average Bonchev–Trinajstić information content (AvgIpc) is 2.47. The highest BCUT2D eigenvalue weighted by Crippen LogP contribution is 2.26. The molecule has 20 heavy (non-hydrogen) atoms. The van der Waals surface area contributed by atoms with E-state index >= 15 is 0 Å². The van der Waals surface area contributed by atoms with E-state index in [4.69, 9.17) is 28.9 Å². The van der Waals surface area contributed by atoms with Gasteiger partial charge in [0.25, 0.3) is 0 Å². The van der Waals surface area contributed by atoms with E-state index in [1.54, 1.807) is 0 Å². The zero-order valence-corrected chi connectivity index (χ0v) is 12.9. The smallest absolute Gasteiger partial charge is 0.0595 e. The topological polar surface area (TPSA) is 26.0 Å². The highest BCUT2D eigenvalue weighted by atomic mass is 35.5. The molecule has 2 rings (SSSR count). The molecular weight excluding hydrogens is 289 g/mol. The number of hydrogen-bond donors (Lipinski definition) is 1. The molecule has 1 unspecified atom stereocenters. The van der Waals surface area contributed by atoms with Crippen LogP contribution >= 0.6 is 23.2 Å². The summed E-state index contributed by atoms with van der Waals surface area (Å²) in [6.07, 6.45) is 4.33. The van der Waals surface area contributed by atoms with E-state index in [1.165, 1.54) is 5.56 Å². The van der Waals surface area contributed by atoms with E-state index in [1.807, 2.05) is 24.3 Å².